The Morgan fingerprint density at radius 2 is 1.75 bits per heavy atom. The summed E-state index contributed by atoms with van der Waals surface area (Å²) in [6, 6.07) is 3.35. The van der Waals surface area contributed by atoms with Crippen molar-refractivity contribution in [3.05, 3.63) is 34.4 Å². The van der Waals surface area contributed by atoms with Gasteiger partial charge in [0.25, 0.3) is 0 Å². The van der Waals surface area contributed by atoms with E-state index in [-0.39, 0.29) is 29.2 Å². The van der Waals surface area contributed by atoms with Crippen molar-refractivity contribution in [3.8, 4) is 0 Å². The van der Waals surface area contributed by atoms with Crippen LogP contribution in [0.1, 0.15) is 76.7 Å². The summed E-state index contributed by atoms with van der Waals surface area (Å²) in [4.78, 5) is 11.4. The van der Waals surface area contributed by atoms with E-state index in [1.165, 1.54) is 25.3 Å². The molecule has 154 valence electrons. The van der Waals surface area contributed by atoms with Crippen LogP contribution in [-0.2, 0) is 0 Å². The summed E-state index contributed by atoms with van der Waals surface area (Å²) in [5.41, 5.74) is 1.08. The second-order valence-corrected chi connectivity index (χ2v) is 10.8. The van der Waals surface area contributed by atoms with E-state index in [1.807, 2.05) is 6.07 Å². The molecular formula is C24H34O4. The van der Waals surface area contributed by atoms with Gasteiger partial charge in [-0.05, 0) is 97.5 Å². The Morgan fingerprint density at radius 1 is 0.964 bits per heavy atom. The van der Waals surface area contributed by atoms with Gasteiger partial charge < -0.3 is 14.6 Å². The van der Waals surface area contributed by atoms with Gasteiger partial charge >= 0.3 is 5.63 Å². The van der Waals surface area contributed by atoms with Gasteiger partial charge in [-0.1, -0.05) is 13.8 Å². The Kier molecular flexibility index (Phi) is 4.34. The lowest BCUT2D eigenvalue weighted by Crippen LogP contribution is -2.53. The number of rotatable bonds is 1. The number of hydrogen-bond donors (Lipinski definition) is 2. The van der Waals surface area contributed by atoms with E-state index < -0.39 is 0 Å². The van der Waals surface area contributed by atoms with Gasteiger partial charge in [-0.25, -0.2) is 4.79 Å². The van der Waals surface area contributed by atoms with E-state index in [2.05, 4.69) is 13.8 Å². The second-order valence-electron chi connectivity index (χ2n) is 10.8. The molecule has 4 saturated carbocycles. The van der Waals surface area contributed by atoms with Crippen LogP contribution in [0.25, 0.3) is 0 Å². The van der Waals surface area contributed by atoms with Crippen LogP contribution in [0.4, 0.5) is 0 Å². The van der Waals surface area contributed by atoms with Gasteiger partial charge in [0.05, 0.1) is 18.5 Å². The molecule has 0 aromatic carbocycles. The molecule has 0 saturated heterocycles. The highest BCUT2D eigenvalue weighted by Gasteiger charge is 2.62. The molecule has 4 heteroatoms. The summed E-state index contributed by atoms with van der Waals surface area (Å²) in [6.07, 6.45) is 9.88. The van der Waals surface area contributed by atoms with Gasteiger partial charge in [-0.3, -0.25) is 0 Å². The zero-order valence-electron chi connectivity index (χ0n) is 17.1. The van der Waals surface area contributed by atoms with Crippen LogP contribution < -0.4 is 5.63 Å². The first-order valence-electron chi connectivity index (χ1n) is 11.3. The van der Waals surface area contributed by atoms with Crippen molar-refractivity contribution in [1.29, 1.82) is 0 Å². The van der Waals surface area contributed by atoms with Crippen molar-refractivity contribution in [2.45, 2.75) is 83.3 Å². The Labute approximate surface area is 167 Å². The van der Waals surface area contributed by atoms with Crippen LogP contribution in [-0.4, -0.2) is 22.4 Å². The Balaban J connectivity index is 1.46. The predicted octanol–water partition coefficient (Wildman–Crippen LogP) is 4.10. The van der Waals surface area contributed by atoms with E-state index in [9.17, 15) is 15.0 Å². The molecule has 1 aromatic rings. The molecule has 4 aliphatic rings. The molecule has 9 atom stereocenters. The predicted molar refractivity (Wildman–Crippen MR) is 107 cm³/mol. The molecule has 2 N–H and O–H groups in total. The Bertz CT molecular complexity index is 782. The molecule has 0 radical (unpaired) electrons. The molecule has 0 spiro atoms. The minimum absolute atomic E-state index is 0.0570. The highest BCUT2D eigenvalue weighted by Crippen LogP contribution is 2.68. The topological polar surface area (TPSA) is 70.7 Å². The normalized spacial score (nSPS) is 50.5. The standard InChI is InChI=1S/C24H34O4/c1-23-9-7-16(25)11-15(23)4-5-17-18(23)8-10-24(2)19(17)12-20(26)22(24)14-3-6-21(27)28-13-14/h3,6,13,15-20,22,25-26H,4-5,7-12H2,1-2H3. The average molecular weight is 387 g/mol. The molecule has 0 bridgehead atoms. The number of aliphatic hydroxyl groups excluding tert-OH is 2. The molecule has 4 nitrogen and oxygen atoms in total. The van der Waals surface area contributed by atoms with E-state index in [0.29, 0.717) is 23.2 Å². The van der Waals surface area contributed by atoms with Crippen molar-refractivity contribution in [3.63, 3.8) is 0 Å². The maximum atomic E-state index is 11.4. The SMILES string of the molecule is CC12CCC(O)CC1CCC1C2CCC2(C)C1CC(O)C2c1ccc(=O)oc1. The van der Waals surface area contributed by atoms with Crippen LogP contribution >= 0.6 is 0 Å². The molecule has 1 aromatic heterocycles. The van der Waals surface area contributed by atoms with Gasteiger partial charge in [0.2, 0.25) is 0 Å². The summed E-state index contributed by atoms with van der Waals surface area (Å²) >= 11 is 0. The summed E-state index contributed by atoms with van der Waals surface area (Å²) in [6.45, 7) is 4.87. The summed E-state index contributed by atoms with van der Waals surface area (Å²) < 4.78 is 5.16. The van der Waals surface area contributed by atoms with Crippen molar-refractivity contribution in [2.75, 3.05) is 0 Å². The lowest BCUT2D eigenvalue weighted by molar-refractivity contribution is -0.122. The zero-order valence-corrected chi connectivity index (χ0v) is 17.1. The average Bonchev–Trinajstić information content (AvgIpc) is 2.93. The van der Waals surface area contributed by atoms with E-state index in [1.54, 1.807) is 6.26 Å². The molecule has 0 amide bonds. The smallest absolute Gasteiger partial charge is 0.335 e. The van der Waals surface area contributed by atoms with Gasteiger partial charge in [0.1, 0.15) is 0 Å². The quantitative estimate of drug-likeness (QED) is 0.762. The molecular weight excluding hydrogens is 352 g/mol. The first kappa shape index (κ1) is 18.9. The molecule has 1 heterocycles. The van der Waals surface area contributed by atoms with Crippen molar-refractivity contribution < 1.29 is 14.6 Å². The van der Waals surface area contributed by atoms with Crippen LogP contribution in [0.5, 0.6) is 0 Å². The third kappa shape index (κ3) is 2.60. The molecule has 28 heavy (non-hydrogen) atoms. The van der Waals surface area contributed by atoms with E-state index >= 15 is 0 Å². The Morgan fingerprint density at radius 3 is 2.50 bits per heavy atom. The fourth-order valence-electron chi connectivity index (χ4n) is 8.40. The first-order valence-corrected chi connectivity index (χ1v) is 11.3. The first-order chi connectivity index (χ1) is 13.3. The lowest BCUT2D eigenvalue weighted by Gasteiger charge is -2.60. The lowest BCUT2D eigenvalue weighted by atomic mass is 9.44. The molecule has 4 aliphatic carbocycles. The van der Waals surface area contributed by atoms with Gasteiger partial charge in [-0.2, -0.15) is 0 Å². The maximum absolute atomic E-state index is 11.4. The molecule has 9 unspecified atom stereocenters. The summed E-state index contributed by atoms with van der Waals surface area (Å²) in [7, 11) is 0. The van der Waals surface area contributed by atoms with Crippen LogP contribution in [0.2, 0.25) is 0 Å². The minimum Gasteiger partial charge on any atom is -0.431 e. The van der Waals surface area contributed by atoms with Gasteiger partial charge in [0.15, 0.2) is 0 Å². The van der Waals surface area contributed by atoms with E-state index in [0.717, 1.165) is 43.6 Å². The van der Waals surface area contributed by atoms with E-state index in [4.69, 9.17) is 4.42 Å². The second kappa shape index (κ2) is 6.43. The molecule has 5 rings (SSSR count). The highest BCUT2D eigenvalue weighted by molar-refractivity contribution is 5.25. The third-order valence-corrected chi connectivity index (χ3v) is 9.75. The van der Waals surface area contributed by atoms with Crippen molar-refractivity contribution in [1.82, 2.24) is 0 Å². The number of hydrogen-bond acceptors (Lipinski definition) is 4. The summed E-state index contributed by atoms with van der Waals surface area (Å²) in [5.74, 6) is 2.64. The van der Waals surface area contributed by atoms with Gasteiger partial charge in [0, 0.05) is 12.0 Å². The van der Waals surface area contributed by atoms with Crippen molar-refractivity contribution >= 4 is 0 Å². The van der Waals surface area contributed by atoms with Crippen LogP contribution in [0, 0.1) is 34.5 Å². The maximum Gasteiger partial charge on any atom is 0.335 e. The number of fused-ring (bicyclic) bond motifs is 5. The third-order valence-electron chi connectivity index (χ3n) is 9.75. The monoisotopic (exact) mass is 386 g/mol. The summed E-state index contributed by atoms with van der Waals surface area (Å²) in [5, 5.41) is 21.3. The van der Waals surface area contributed by atoms with Crippen molar-refractivity contribution in [2.24, 2.45) is 34.5 Å². The minimum atomic E-state index is -0.361. The molecule has 0 aliphatic heterocycles. The fraction of sp³-hybridized carbons (Fsp3) is 0.792. The van der Waals surface area contributed by atoms with Gasteiger partial charge in [-0.15, -0.1) is 0 Å². The highest BCUT2D eigenvalue weighted by atomic mass is 16.4. The largest absolute Gasteiger partial charge is 0.431 e. The number of aliphatic hydroxyl groups is 2. The Hall–Kier alpha value is -1.13. The van der Waals surface area contributed by atoms with Crippen LogP contribution in [0.3, 0.4) is 0 Å². The fourth-order valence-corrected chi connectivity index (χ4v) is 8.40. The van der Waals surface area contributed by atoms with Crippen LogP contribution in [0.15, 0.2) is 27.6 Å². The zero-order chi connectivity index (χ0) is 19.7. The molecule has 4 fully saturated rings.